The molecule has 6 nitrogen and oxygen atoms in total. The number of nitro groups is 1. The Labute approximate surface area is 119 Å². The van der Waals surface area contributed by atoms with E-state index >= 15 is 0 Å². The summed E-state index contributed by atoms with van der Waals surface area (Å²) in [6.45, 7) is 1.64. The summed E-state index contributed by atoms with van der Waals surface area (Å²) in [5.41, 5.74) is 0.813. The molecule has 0 aliphatic rings. The molecule has 0 bridgehead atoms. The summed E-state index contributed by atoms with van der Waals surface area (Å²) in [4.78, 5) is 30.4. The highest BCUT2D eigenvalue weighted by Crippen LogP contribution is 2.21. The van der Waals surface area contributed by atoms with E-state index in [2.05, 4.69) is 9.97 Å². The van der Waals surface area contributed by atoms with Gasteiger partial charge in [-0.1, -0.05) is 23.9 Å². The summed E-state index contributed by atoms with van der Waals surface area (Å²) < 4.78 is 0. The average molecular weight is 289 g/mol. The number of nitro benzene ring substituents is 1. The fourth-order valence-corrected chi connectivity index (χ4v) is 2.25. The van der Waals surface area contributed by atoms with E-state index in [4.69, 9.17) is 0 Å². The molecule has 2 aromatic rings. The smallest absolute Gasteiger partial charge is 0.273 e. The van der Waals surface area contributed by atoms with E-state index in [0.29, 0.717) is 16.3 Å². The Morgan fingerprint density at radius 2 is 2.05 bits per heavy atom. The number of carbonyl (C=O) groups is 1. The molecule has 0 aliphatic carbocycles. The Morgan fingerprint density at radius 1 is 1.35 bits per heavy atom. The first-order valence-electron chi connectivity index (χ1n) is 5.76. The predicted octanol–water partition coefficient (Wildman–Crippen LogP) is 2.67. The monoisotopic (exact) mass is 289 g/mol. The minimum atomic E-state index is -0.487. The highest BCUT2D eigenvalue weighted by molar-refractivity contribution is 7.99. The first-order chi connectivity index (χ1) is 9.58. The molecule has 0 atom stereocenters. The zero-order valence-corrected chi connectivity index (χ0v) is 11.5. The number of hydrogen-bond acceptors (Lipinski definition) is 6. The Morgan fingerprint density at radius 3 is 2.70 bits per heavy atom. The second-order valence-corrected chi connectivity index (χ2v) is 4.94. The van der Waals surface area contributed by atoms with Crippen LogP contribution >= 0.6 is 11.8 Å². The van der Waals surface area contributed by atoms with E-state index in [1.54, 1.807) is 37.5 Å². The number of thioether (sulfide) groups is 1. The molecule has 0 unspecified atom stereocenters. The van der Waals surface area contributed by atoms with Crippen molar-refractivity contribution in [1.29, 1.82) is 0 Å². The molecule has 0 radical (unpaired) electrons. The van der Waals surface area contributed by atoms with E-state index in [9.17, 15) is 14.9 Å². The number of aromatic nitrogens is 2. The molecule has 0 aliphatic heterocycles. The number of carbonyl (C=O) groups excluding carboxylic acids is 1. The summed E-state index contributed by atoms with van der Waals surface area (Å²) in [5, 5.41) is 11.3. The molecule has 0 N–H and O–H groups in total. The highest BCUT2D eigenvalue weighted by Gasteiger charge is 2.15. The Balaban J connectivity index is 2.10. The van der Waals surface area contributed by atoms with Gasteiger partial charge in [0.2, 0.25) is 0 Å². The van der Waals surface area contributed by atoms with Crippen molar-refractivity contribution >= 4 is 23.2 Å². The third-order valence-electron chi connectivity index (χ3n) is 2.60. The summed E-state index contributed by atoms with van der Waals surface area (Å²) >= 11 is 1.20. The van der Waals surface area contributed by atoms with Gasteiger partial charge in [-0.05, 0) is 13.0 Å². The van der Waals surface area contributed by atoms with Crippen LogP contribution in [0.25, 0.3) is 0 Å². The van der Waals surface area contributed by atoms with Crippen molar-refractivity contribution in [2.24, 2.45) is 0 Å². The van der Waals surface area contributed by atoms with Crippen LogP contribution in [0.1, 0.15) is 15.9 Å². The van der Waals surface area contributed by atoms with E-state index in [0.717, 1.165) is 0 Å². The number of benzene rings is 1. The van der Waals surface area contributed by atoms with Gasteiger partial charge in [-0.2, -0.15) is 0 Å². The molecule has 2 rings (SSSR count). The van der Waals surface area contributed by atoms with Crippen LogP contribution in [-0.4, -0.2) is 26.4 Å². The lowest BCUT2D eigenvalue weighted by molar-refractivity contribution is -0.385. The van der Waals surface area contributed by atoms with Crippen molar-refractivity contribution in [2.75, 3.05) is 5.75 Å². The van der Waals surface area contributed by atoms with Crippen LogP contribution in [0.15, 0.2) is 41.8 Å². The van der Waals surface area contributed by atoms with Crippen molar-refractivity contribution in [1.82, 2.24) is 9.97 Å². The fraction of sp³-hybridized carbons (Fsp3) is 0.154. The Kier molecular flexibility index (Phi) is 4.41. The van der Waals surface area contributed by atoms with Crippen molar-refractivity contribution in [2.45, 2.75) is 12.1 Å². The Hall–Kier alpha value is -2.28. The van der Waals surface area contributed by atoms with Crippen LogP contribution in [0.5, 0.6) is 0 Å². The molecule has 102 valence electrons. The number of nitrogens with zero attached hydrogens (tertiary/aromatic N) is 3. The predicted molar refractivity (Wildman–Crippen MR) is 74.9 cm³/mol. The molecule has 1 aromatic carbocycles. The average Bonchev–Trinajstić information content (AvgIpc) is 2.46. The van der Waals surface area contributed by atoms with Crippen LogP contribution in [0.4, 0.5) is 5.69 Å². The summed E-state index contributed by atoms with van der Waals surface area (Å²) in [5.74, 6) is -0.0462. The van der Waals surface area contributed by atoms with Gasteiger partial charge in [-0.25, -0.2) is 9.97 Å². The number of hydrogen-bond donors (Lipinski definition) is 0. The van der Waals surface area contributed by atoms with E-state index in [1.807, 2.05) is 0 Å². The summed E-state index contributed by atoms with van der Waals surface area (Å²) in [6, 6.07) is 6.17. The second kappa shape index (κ2) is 6.25. The summed E-state index contributed by atoms with van der Waals surface area (Å²) in [7, 11) is 0. The minimum absolute atomic E-state index is 0.0446. The van der Waals surface area contributed by atoms with Gasteiger partial charge in [-0.15, -0.1) is 0 Å². The zero-order chi connectivity index (χ0) is 14.5. The van der Waals surface area contributed by atoms with Gasteiger partial charge in [0.1, 0.15) is 0 Å². The first-order valence-corrected chi connectivity index (χ1v) is 6.74. The lowest BCUT2D eigenvalue weighted by Crippen LogP contribution is -2.04. The molecular weight excluding hydrogens is 278 g/mol. The molecule has 0 fully saturated rings. The molecular formula is C13H11N3O3S. The number of rotatable bonds is 5. The van der Waals surface area contributed by atoms with Crippen LogP contribution in [0, 0.1) is 17.0 Å². The van der Waals surface area contributed by atoms with E-state index < -0.39 is 4.92 Å². The van der Waals surface area contributed by atoms with E-state index in [1.165, 1.54) is 17.8 Å². The SMILES string of the molecule is Cc1ccc(C(=O)CSc2ncccn2)cc1[N+](=O)[O-]. The van der Waals surface area contributed by atoms with Crippen molar-refractivity contribution < 1.29 is 9.72 Å². The maximum atomic E-state index is 12.0. The van der Waals surface area contributed by atoms with Crippen molar-refractivity contribution in [3.63, 3.8) is 0 Å². The van der Waals surface area contributed by atoms with Gasteiger partial charge in [0.15, 0.2) is 10.9 Å². The minimum Gasteiger partial charge on any atom is -0.293 e. The molecule has 20 heavy (non-hydrogen) atoms. The first kappa shape index (κ1) is 14.1. The quantitative estimate of drug-likeness (QED) is 0.276. The maximum absolute atomic E-state index is 12.0. The second-order valence-electron chi connectivity index (χ2n) is 4.00. The Bertz CT molecular complexity index is 647. The largest absolute Gasteiger partial charge is 0.293 e. The van der Waals surface area contributed by atoms with Crippen LogP contribution < -0.4 is 0 Å². The van der Waals surface area contributed by atoms with Gasteiger partial charge < -0.3 is 0 Å². The van der Waals surface area contributed by atoms with Crippen LogP contribution in [0.2, 0.25) is 0 Å². The summed E-state index contributed by atoms with van der Waals surface area (Å²) in [6.07, 6.45) is 3.19. The topological polar surface area (TPSA) is 86.0 Å². The molecule has 1 heterocycles. The maximum Gasteiger partial charge on any atom is 0.273 e. The molecule has 0 saturated heterocycles. The standard InChI is InChI=1S/C13H11N3O3S/c1-9-3-4-10(7-11(9)16(18)19)12(17)8-20-13-14-5-2-6-15-13/h2-7H,8H2,1H3. The third-order valence-corrected chi connectivity index (χ3v) is 3.48. The van der Waals surface area contributed by atoms with Gasteiger partial charge in [0, 0.05) is 29.6 Å². The lowest BCUT2D eigenvalue weighted by atomic mass is 10.1. The number of Topliss-reactive ketones (excluding diaryl/α,β-unsaturated/α-hetero) is 1. The van der Waals surface area contributed by atoms with Gasteiger partial charge in [-0.3, -0.25) is 14.9 Å². The lowest BCUT2D eigenvalue weighted by Gasteiger charge is -2.02. The van der Waals surface area contributed by atoms with Gasteiger partial charge in [0.25, 0.3) is 5.69 Å². The molecule has 7 heteroatoms. The normalized spacial score (nSPS) is 10.2. The van der Waals surface area contributed by atoms with Crippen LogP contribution in [0.3, 0.4) is 0 Å². The fourth-order valence-electron chi connectivity index (χ4n) is 1.55. The van der Waals surface area contributed by atoms with Crippen molar-refractivity contribution in [3.05, 3.63) is 57.9 Å². The van der Waals surface area contributed by atoms with E-state index in [-0.39, 0.29) is 17.2 Å². The third kappa shape index (κ3) is 3.39. The number of ketones is 1. The molecule has 0 spiro atoms. The zero-order valence-electron chi connectivity index (χ0n) is 10.6. The number of aryl methyl sites for hydroxylation is 1. The van der Waals surface area contributed by atoms with Crippen LogP contribution in [-0.2, 0) is 0 Å². The molecule has 1 aromatic heterocycles. The highest BCUT2D eigenvalue weighted by atomic mass is 32.2. The van der Waals surface area contributed by atoms with Gasteiger partial charge in [0.05, 0.1) is 10.7 Å². The molecule has 0 amide bonds. The van der Waals surface area contributed by atoms with Crippen molar-refractivity contribution in [3.8, 4) is 0 Å². The molecule has 0 saturated carbocycles. The van der Waals surface area contributed by atoms with Gasteiger partial charge >= 0.3 is 0 Å².